The number of fused-ring (bicyclic) bond motifs is 1. The largest absolute Gasteiger partial charge is 0.497 e. The second kappa shape index (κ2) is 5.61. The van der Waals surface area contributed by atoms with E-state index in [4.69, 9.17) is 4.74 Å². The third-order valence-corrected chi connectivity index (χ3v) is 7.62. The molecule has 2 aliphatic rings. The lowest BCUT2D eigenvalue weighted by atomic mass is 9.85. The number of nitrogens with zero attached hydrogens (tertiary/aromatic N) is 1. The summed E-state index contributed by atoms with van der Waals surface area (Å²) >= 11 is 0. The molecule has 1 saturated carbocycles. The van der Waals surface area contributed by atoms with Gasteiger partial charge < -0.3 is 4.74 Å². The van der Waals surface area contributed by atoms with Crippen LogP contribution in [0.1, 0.15) is 24.5 Å². The van der Waals surface area contributed by atoms with Crippen molar-refractivity contribution >= 4 is 10.0 Å². The molecule has 0 saturated heterocycles. The predicted octanol–water partition coefficient (Wildman–Crippen LogP) is 3.87. The summed E-state index contributed by atoms with van der Waals surface area (Å²) in [5, 5.41) is 0. The molecule has 2 aromatic carbocycles. The number of allylic oxidation sites excluding steroid dienone is 1. The van der Waals surface area contributed by atoms with Gasteiger partial charge in [0.1, 0.15) is 5.75 Å². The summed E-state index contributed by atoms with van der Waals surface area (Å²) in [4.78, 5) is 0.342. The van der Waals surface area contributed by atoms with Gasteiger partial charge in [0.25, 0.3) is 10.0 Å². The average Bonchev–Trinajstić information content (AvgIpc) is 3.28. The Labute approximate surface area is 155 Å². The van der Waals surface area contributed by atoms with Crippen molar-refractivity contribution in [3.8, 4) is 5.75 Å². The monoisotopic (exact) mass is 369 g/mol. The quantitative estimate of drug-likeness (QED) is 0.822. The topological polar surface area (TPSA) is 46.6 Å². The van der Waals surface area contributed by atoms with Crippen molar-refractivity contribution in [3.63, 3.8) is 0 Å². The van der Waals surface area contributed by atoms with Gasteiger partial charge in [-0.25, -0.2) is 8.42 Å². The van der Waals surface area contributed by atoms with Crippen LogP contribution in [0.2, 0.25) is 0 Å². The maximum Gasteiger partial charge on any atom is 0.263 e. The molecule has 1 heterocycles. The lowest BCUT2D eigenvalue weighted by Crippen LogP contribution is -2.37. The van der Waals surface area contributed by atoms with Crippen LogP contribution in [0.15, 0.2) is 65.7 Å². The number of rotatable bonds is 4. The molecule has 0 spiro atoms. The zero-order valence-corrected chi connectivity index (χ0v) is 16.1. The Morgan fingerprint density at radius 3 is 2.27 bits per heavy atom. The van der Waals surface area contributed by atoms with E-state index in [-0.39, 0.29) is 10.8 Å². The molecule has 0 aromatic heterocycles. The molecule has 0 amide bonds. The third-order valence-electron chi connectivity index (χ3n) is 5.88. The summed E-state index contributed by atoms with van der Waals surface area (Å²) < 4.78 is 32.7. The fourth-order valence-corrected chi connectivity index (χ4v) is 5.51. The summed E-state index contributed by atoms with van der Waals surface area (Å²) in [6.45, 7) is 4.61. The van der Waals surface area contributed by atoms with E-state index in [1.54, 1.807) is 25.4 Å². The minimum absolute atomic E-state index is 0.0848. The standard InChI is InChI=1S/C21H23NO3S/c1-16-4-10-19(11-5-16)26(23,24)22-13-12-21(14-20(21,2)15-22)17-6-8-18(25-3)9-7-17/h4-13H,14-15H2,1-3H3. The maximum atomic E-state index is 13.0. The predicted molar refractivity (Wildman–Crippen MR) is 102 cm³/mol. The minimum atomic E-state index is -3.52. The highest BCUT2D eigenvalue weighted by atomic mass is 32.2. The SMILES string of the molecule is COc1ccc(C23C=CN(S(=O)(=O)c4ccc(C)cc4)CC2(C)C3)cc1. The Bertz CT molecular complexity index is 963. The van der Waals surface area contributed by atoms with Crippen molar-refractivity contribution in [2.75, 3.05) is 13.7 Å². The molecule has 0 N–H and O–H groups in total. The fourth-order valence-electron chi connectivity index (χ4n) is 4.08. The third kappa shape index (κ3) is 2.45. The molecular formula is C21H23NO3S. The molecule has 4 nitrogen and oxygen atoms in total. The molecule has 0 radical (unpaired) electrons. The summed E-state index contributed by atoms with van der Waals surface area (Å²) in [6.07, 6.45) is 4.75. The van der Waals surface area contributed by atoms with E-state index in [2.05, 4.69) is 25.1 Å². The summed E-state index contributed by atoms with van der Waals surface area (Å²) in [5.74, 6) is 0.830. The number of hydrogen-bond acceptors (Lipinski definition) is 3. The van der Waals surface area contributed by atoms with Crippen molar-refractivity contribution in [2.45, 2.75) is 30.6 Å². The van der Waals surface area contributed by atoms with Crippen LogP contribution in [0.25, 0.3) is 0 Å². The second-order valence-electron chi connectivity index (χ2n) is 7.62. The summed E-state index contributed by atoms with van der Waals surface area (Å²) in [5.41, 5.74) is 2.09. The van der Waals surface area contributed by atoms with Gasteiger partial charge in [-0.1, -0.05) is 42.8 Å². The highest BCUT2D eigenvalue weighted by molar-refractivity contribution is 7.89. The van der Waals surface area contributed by atoms with Crippen LogP contribution >= 0.6 is 0 Å². The van der Waals surface area contributed by atoms with Gasteiger partial charge in [0.05, 0.1) is 12.0 Å². The summed E-state index contributed by atoms with van der Waals surface area (Å²) in [7, 11) is -1.86. The number of hydrogen-bond donors (Lipinski definition) is 0. The first-order valence-electron chi connectivity index (χ1n) is 8.73. The van der Waals surface area contributed by atoms with Crippen molar-refractivity contribution in [1.29, 1.82) is 0 Å². The van der Waals surface area contributed by atoms with E-state index < -0.39 is 10.0 Å². The van der Waals surface area contributed by atoms with E-state index in [1.165, 1.54) is 9.87 Å². The van der Waals surface area contributed by atoms with E-state index in [0.717, 1.165) is 17.7 Å². The smallest absolute Gasteiger partial charge is 0.263 e. The van der Waals surface area contributed by atoms with Crippen molar-refractivity contribution < 1.29 is 13.2 Å². The fraction of sp³-hybridized carbons (Fsp3) is 0.333. The molecule has 1 aliphatic carbocycles. The van der Waals surface area contributed by atoms with Crippen molar-refractivity contribution in [1.82, 2.24) is 4.31 Å². The van der Waals surface area contributed by atoms with Crippen LogP contribution in [-0.2, 0) is 15.4 Å². The molecule has 1 fully saturated rings. The first-order chi connectivity index (χ1) is 12.3. The Hall–Kier alpha value is -2.27. The lowest BCUT2D eigenvalue weighted by molar-refractivity contribution is 0.363. The van der Waals surface area contributed by atoms with Gasteiger partial charge in [-0.3, -0.25) is 4.31 Å². The van der Waals surface area contributed by atoms with E-state index in [9.17, 15) is 8.42 Å². The average molecular weight is 369 g/mol. The van der Waals surface area contributed by atoms with Crippen LogP contribution in [0, 0.1) is 12.3 Å². The first kappa shape index (κ1) is 17.2. The van der Waals surface area contributed by atoms with Crippen LogP contribution in [0.5, 0.6) is 5.75 Å². The molecular weight excluding hydrogens is 346 g/mol. The van der Waals surface area contributed by atoms with Crippen molar-refractivity contribution in [3.05, 3.63) is 71.9 Å². The molecule has 1 aliphatic heterocycles. The molecule has 2 aromatic rings. The Morgan fingerprint density at radius 2 is 1.69 bits per heavy atom. The molecule has 26 heavy (non-hydrogen) atoms. The van der Waals surface area contributed by atoms with Crippen LogP contribution < -0.4 is 4.74 Å². The Morgan fingerprint density at radius 1 is 1.04 bits per heavy atom. The highest BCUT2D eigenvalue weighted by Crippen LogP contribution is 2.67. The van der Waals surface area contributed by atoms with E-state index in [1.807, 2.05) is 31.2 Å². The normalized spacial score (nSPS) is 27.1. The van der Waals surface area contributed by atoms with Gasteiger partial charge in [-0.05, 0) is 43.2 Å². The summed E-state index contributed by atoms with van der Waals surface area (Å²) in [6, 6.07) is 15.1. The van der Waals surface area contributed by atoms with Crippen LogP contribution in [0.3, 0.4) is 0 Å². The van der Waals surface area contributed by atoms with Gasteiger partial charge in [-0.15, -0.1) is 0 Å². The van der Waals surface area contributed by atoms with Crippen molar-refractivity contribution in [2.24, 2.45) is 5.41 Å². The number of ether oxygens (including phenoxy) is 1. The minimum Gasteiger partial charge on any atom is -0.497 e. The van der Waals surface area contributed by atoms with Gasteiger partial charge in [-0.2, -0.15) is 0 Å². The maximum absolute atomic E-state index is 13.0. The second-order valence-corrected chi connectivity index (χ2v) is 9.51. The highest BCUT2D eigenvalue weighted by Gasteiger charge is 2.66. The molecule has 136 valence electrons. The molecule has 2 unspecified atom stereocenters. The molecule has 0 bridgehead atoms. The Kier molecular flexibility index (Phi) is 3.70. The lowest BCUT2D eigenvalue weighted by Gasteiger charge is -2.32. The van der Waals surface area contributed by atoms with Gasteiger partial charge >= 0.3 is 0 Å². The van der Waals surface area contributed by atoms with Gasteiger partial charge in [0.2, 0.25) is 0 Å². The van der Waals surface area contributed by atoms with Gasteiger partial charge in [0, 0.05) is 23.6 Å². The van der Waals surface area contributed by atoms with E-state index >= 15 is 0 Å². The van der Waals surface area contributed by atoms with E-state index in [0.29, 0.717) is 11.4 Å². The zero-order chi connectivity index (χ0) is 18.6. The number of sulfonamides is 1. The zero-order valence-electron chi connectivity index (χ0n) is 15.3. The Balaban J connectivity index is 1.65. The number of methoxy groups -OCH3 is 1. The molecule has 2 atom stereocenters. The van der Waals surface area contributed by atoms with Crippen LogP contribution in [0.4, 0.5) is 0 Å². The first-order valence-corrected chi connectivity index (χ1v) is 10.2. The van der Waals surface area contributed by atoms with Gasteiger partial charge in [0.15, 0.2) is 0 Å². The number of aryl methyl sites for hydroxylation is 1. The van der Waals surface area contributed by atoms with Crippen LogP contribution in [-0.4, -0.2) is 26.4 Å². The molecule has 5 heteroatoms. The number of benzene rings is 2. The molecule has 4 rings (SSSR count).